The number of ether oxygens (including phenoxy) is 2. The van der Waals surface area contributed by atoms with Gasteiger partial charge in [-0.05, 0) is 57.9 Å². The van der Waals surface area contributed by atoms with Crippen molar-refractivity contribution in [3.05, 3.63) is 42.0 Å². The van der Waals surface area contributed by atoms with E-state index in [4.69, 9.17) is 9.47 Å². The van der Waals surface area contributed by atoms with Gasteiger partial charge >= 0.3 is 6.09 Å². The van der Waals surface area contributed by atoms with Crippen LogP contribution in [0.15, 0.2) is 36.2 Å². The van der Waals surface area contributed by atoms with Crippen LogP contribution >= 0.6 is 0 Å². The first-order valence-corrected chi connectivity index (χ1v) is 12.0. The lowest BCUT2D eigenvalue weighted by Gasteiger charge is -2.20. The van der Waals surface area contributed by atoms with Crippen molar-refractivity contribution < 1.29 is 27.1 Å². The van der Waals surface area contributed by atoms with Crippen molar-refractivity contribution in [1.82, 2.24) is 19.5 Å². The van der Waals surface area contributed by atoms with E-state index in [0.29, 0.717) is 23.5 Å². The molecule has 0 unspecified atom stereocenters. The summed E-state index contributed by atoms with van der Waals surface area (Å²) in [4.78, 5) is 16.1. The Bertz CT molecular complexity index is 1100. The van der Waals surface area contributed by atoms with Gasteiger partial charge in [-0.15, -0.1) is 9.19 Å². The molecule has 1 aliphatic carbocycles. The number of nitrogens with one attached hydrogen (secondary N) is 1. The molecule has 0 spiro atoms. The molecule has 0 radical (unpaired) electrons. The summed E-state index contributed by atoms with van der Waals surface area (Å²) in [7, 11) is -3.61. The second-order valence-corrected chi connectivity index (χ2v) is 10.4. The Morgan fingerprint density at radius 3 is 2.47 bits per heavy atom. The van der Waals surface area contributed by atoms with Crippen molar-refractivity contribution in [2.75, 3.05) is 19.4 Å². The molecule has 1 aromatic heterocycles. The third kappa shape index (κ3) is 6.52. The lowest BCUT2D eigenvalue weighted by atomic mass is 10.2. The summed E-state index contributed by atoms with van der Waals surface area (Å²) in [5, 5.41) is 6.63. The predicted octanol–water partition coefficient (Wildman–Crippen LogP) is 3.39. The first-order valence-electron chi connectivity index (χ1n) is 10.1. The summed E-state index contributed by atoms with van der Waals surface area (Å²) >= 11 is 0. The molecule has 1 amide bonds. The maximum atomic E-state index is 13.2. The van der Waals surface area contributed by atoms with Gasteiger partial charge in [0.05, 0.1) is 12.6 Å². The molecule has 0 atom stereocenters. The molecule has 1 heterocycles. The van der Waals surface area contributed by atoms with Crippen molar-refractivity contribution in [3.63, 3.8) is 0 Å². The molecule has 9 nitrogen and oxygen atoms in total. The maximum absolute atomic E-state index is 13.2. The van der Waals surface area contributed by atoms with Crippen LogP contribution in [0.4, 0.5) is 9.18 Å². The van der Waals surface area contributed by atoms with Crippen LogP contribution in [0.25, 0.3) is 11.4 Å². The van der Waals surface area contributed by atoms with E-state index in [1.807, 2.05) is 0 Å². The maximum Gasteiger partial charge on any atom is 0.407 e. The van der Waals surface area contributed by atoms with Gasteiger partial charge in [-0.1, -0.05) is 0 Å². The number of hydrogen-bond acceptors (Lipinski definition) is 7. The van der Waals surface area contributed by atoms with Crippen LogP contribution < -0.4 is 10.1 Å². The number of carbonyl (C=O) groups excluding carboxylic acids is 1. The molecular formula is C21H27FN4O5S. The van der Waals surface area contributed by atoms with E-state index < -0.39 is 21.7 Å². The molecule has 2 aromatic rings. The number of amides is 1. The van der Waals surface area contributed by atoms with E-state index >= 15 is 0 Å². The van der Waals surface area contributed by atoms with Crippen LogP contribution in [-0.2, 0) is 14.8 Å². The zero-order valence-electron chi connectivity index (χ0n) is 18.5. The number of halogens is 1. The highest BCUT2D eigenvalue weighted by Gasteiger charge is 2.31. The fraction of sp³-hybridized carbons (Fsp3) is 0.476. The quantitative estimate of drug-likeness (QED) is 0.635. The number of rotatable bonds is 8. The average Bonchev–Trinajstić information content (AvgIpc) is 3.44. The second-order valence-electron chi connectivity index (χ2n) is 8.61. The van der Waals surface area contributed by atoms with Gasteiger partial charge in [0.1, 0.15) is 18.0 Å². The highest BCUT2D eigenvalue weighted by atomic mass is 32.2. The minimum Gasteiger partial charge on any atom is -0.489 e. The summed E-state index contributed by atoms with van der Waals surface area (Å²) in [6.45, 7) is 5.05. The highest BCUT2D eigenvalue weighted by Crippen LogP contribution is 2.39. The normalized spacial score (nSPS) is 14.8. The van der Waals surface area contributed by atoms with E-state index in [0.717, 1.165) is 23.2 Å². The van der Waals surface area contributed by atoms with E-state index in [1.165, 1.54) is 0 Å². The Morgan fingerprint density at radius 2 is 1.94 bits per heavy atom. The molecule has 1 aromatic carbocycles. The van der Waals surface area contributed by atoms with Crippen molar-refractivity contribution in [3.8, 4) is 17.1 Å². The largest absolute Gasteiger partial charge is 0.489 e. The Morgan fingerprint density at radius 1 is 1.28 bits per heavy atom. The lowest BCUT2D eigenvalue weighted by molar-refractivity contribution is 0.0531. The van der Waals surface area contributed by atoms with E-state index in [9.17, 15) is 17.6 Å². The van der Waals surface area contributed by atoms with E-state index in [2.05, 4.69) is 15.4 Å². The molecule has 1 aliphatic rings. The molecule has 3 rings (SSSR count). The molecule has 11 heteroatoms. The third-order valence-electron chi connectivity index (χ3n) is 4.40. The summed E-state index contributed by atoms with van der Waals surface area (Å²) in [6, 6.07) is 6.58. The number of alkyl carbamates (subject to hydrolysis) is 1. The second kappa shape index (κ2) is 9.27. The van der Waals surface area contributed by atoms with Gasteiger partial charge in [0, 0.05) is 23.6 Å². The number of aromatic nitrogens is 3. The predicted molar refractivity (Wildman–Crippen MR) is 117 cm³/mol. The zero-order chi connectivity index (χ0) is 23.5. The van der Waals surface area contributed by atoms with Crippen LogP contribution in [0.3, 0.4) is 0 Å². The number of hydrogen-bond donors (Lipinski definition) is 1. The average molecular weight is 467 g/mol. The fourth-order valence-corrected chi connectivity index (χ4v) is 3.42. The first kappa shape index (κ1) is 23.7. The fourth-order valence-electron chi connectivity index (χ4n) is 2.73. The lowest BCUT2D eigenvalue weighted by Crippen LogP contribution is -2.34. The van der Waals surface area contributed by atoms with Gasteiger partial charge in [-0.3, -0.25) is 0 Å². The zero-order valence-corrected chi connectivity index (χ0v) is 19.3. The summed E-state index contributed by atoms with van der Waals surface area (Å²) in [5.74, 6) is 1.42. The molecule has 0 saturated heterocycles. The van der Waals surface area contributed by atoms with Crippen molar-refractivity contribution >= 4 is 16.1 Å². The molecule has 0 bridgehead atoms. The standard InChI is InChI=1S/C21H27FN4O5S/c1-21(2,3)31-20(27)23-12-14(11-22)13-30-17-9-7-16(8-10-17)19-24-18(15-5-6-15)25-26(19)32(4,28)29/h7-11,15H,5-6,12-13H2,1-4H3,(H,23,27)/b14-11+. The number of nitrogens with zero attached hydrogens (tertiary/aromatic N) is 3. The number of carbonyl (C=O) groups is 1. The molecule has 1 fully saturated rings. The minimum absolute atomic E-state index is 0.0646. The van der Waals surface area contributed by atoms with Crippen LogP contribution in [0.1, 0.15) is 45.4 Å². The monoisotopic (exact) mass is 466 g/mol. The van der Waals surface area contributed by atoms with Crippen molar-refractivity contribution in [2.24, 2.45) is 0 Å². The van der Waals surface area contributed by atoms with Gasteiger partial charge in [-0.2, -0.15) is 0 Å². The van der Waals surface area contributed by atoms with Crippen LogP contribution in [-0.4, -0.2) is 53.7 Å². The summed E-state index contributed by atoms with van der Waals surface area (Å²) in [6.07, 6.45) is 2.71. The first-order chi connectivity index (χ1) is 15.0. The molecule has 0 aliphatic heterocycles. The van der Waals surface area contributed by atoms with Gasteiger partial charge in [-0.25, -0.2) is 22.6 Å². The SMILES string of the molecule is CC(C)(C)OC(=O)NC/C(=C\F)COc1ccc(-c2nc(C3CC3)nn2S(C)(=O)=O)cc1. The van der Waals surface area contributed by atoms with Crippen LogP contribution in [0.2, 0.25) is 0 Å². The molecular weight excluding hydrogens is 439 g/mol. The van der Waals surface area contributed by atoms with Crippen LogP contribution in [0, 0.1) is 0 Å². The van der Waals surface area contributed by atoms with Gasteiger partial charge in [0.2, 0.25) is 0 Å². The topological polar surface area (TPSA) is 112 Å². The highest BCUT2D eigenvalue weighted by molar-refractivity contribution is 7.89. The van der Waals surface area contributed by atoms with E-state index in [1.54, 1.807) is 45.0 Å². The van der Waals surface area contributed by atoms with E-state index in [-0.39, 0.29) is 30.5 Å². The van der Waals surface area contributed by atoms with Crippen LogP contribution in [0.5, 0.6) is 5.75 Å². The van der Waals surface area contributed by atoms with Crippen molar-refractivity contribution in [2.45, 2.75) is 45.1 Å². The molecule has 1 N–H and O–H groups in total. The Kier molecular flexibility index (Phi) is 6.87. The van der Waals surface area contributed by atoms with Gasteiger partial charge < -0.3 is 14.8 Å². The third-order valence-corrected chi connectivity index (χ3v) is 5.28. The Labute approximate surface area is 186 Å². The molecule has 174 valence electrons. The number of benzene rings is 1. The van der Waals surface area contributed by atoms with Gasteiger partial charge in [0.15, 0.2) is 11.6 Å². The Hall–Kier alpha value is -2.95. The Balaban J connectivity index is 1.62. The molecule has 32 heavy (non-hydrogen) atoms. The minimum atomic E-state index is -3.61. The molecule has 1 saturated carbocycles. The summed E-state index contributed by atoms with van der Waals surface area (Å²) < 4.78 is 49.0. The summed E-state index contributed by atoms with van der Waals surface area (Å²) in [5.41, 5.74) is 0.128. The smallest absolute Gasteiger partial charge is 0.407 e. The van der Waals surface area contributed by atoms with Crippen molar-refractivity contribution in [1.29, 1.82) is 0 Å². The van der Waals surface area contributed by atoms with Gasteiger partial charge in [0.25, 0.3) is 10.0 Å².